The summed E-state index contributed by atoms with van der Waals surface area (Å²) in [5, 5.41) is 0. The second-order valence-electron chi connectivity index (χ2n) is 4.21. The highest BCUT2D eigenvalue weighted by Gasteiger charge is 2.04. The van der Waals surface area contributed by atoms with Gasteiger partial charge in [0.05, 0.1) is 38.8 Å². The molecule has 0 heterocycles. The Bertz CT molecular complexity index is 443. The van der Waals surface area contributed by atoms with Crippen LogP contribution in [-0.4, -0.2) is 40.6 Å². The summed E-state index contributed by atoms with van der Waals surface area (Å²) in [7, 11) is -3.38. The molecule has 19 heavy (non-hydrogen) atoms. The molecule has 1 aromatic carbocycles. The van der Waals surface area contributed by atoms with Crippen LogP contribution in [0, 0.1) is 0 Å². The van der Waals surface area contributed by atoms with Crippen molar-refractivity contribution in [2.24, 2.45) is 0 Å². The second-order valence-corrected chi connectivity index (χ2v) is 5.85. The average molecular weight is 288 g/mol. The van der Waals surface area contributed by atoms with E-state index in [2.05, 4.69) is 4.18 Å². The third-order valence-corrected chi connectivity index (χ3v) is 2.85. The molecule has 0 spiro atoms. The molecule has 0 saturated heterocycles. The van der Waals surface area contributed by atoms with Gasteiger partial charge in [-0.3, -0.25) is 4.18 Å². The minimum atomic E-state index is -3.38. The molecule has 1 aromatic rings. The summed E-state index contributed by atoms with van der Waals surface area (Å²) in [6, 6.07) is 9.86. The van der Waals surface area contributed by atoms with Gasteiger partial charge in [-0.25, -0.2) is 0 Å². The van der Waals surface area contributed by atoms with E-state index in [0.29, 0.717) is 13.2 Å². The molecule has 0 aromatic heterocycles. The molecule has 6 heteroatoms. The van der Waals surface area contributed by atoms with Gasteiger partial charge in [0.1, 0.15) is 0 Å². The van der Waals surface area contributed by atoms with Gasteiger partial charge in [0, 0.05) is 0 Å². The predicted molar refractivity (Wildman–Crippen MR) is 72.3 cm³/mol. The topological polar surface area (TPSA) is 61.8 Å². The van der Waals surface area contributed by atoms with Crippen LogP contribution >= 0.6 is 0 Å². The summed E-state index contributed by atoms with van der Waals surface area (Å²) >= 11 is 0. The Labute approximate surface area is 114 Å². The fourth-order valence-corrected chi connectivity index (χ4v) is 1.73. The number of benzene rings is 1. The van der Waals surface area contributed by atoms with Crippen LogP contribution in [0.2, 0.25) is 0 Å². The average Bonchev–Trinajstić information content (AvgIpc) is 2.36. The second kappa shape index (κ2) is 8.27. The molecule has 0 aliphatic heterocycles. The zero-order chi connectivity index (χ0) is 14.1. The first-order valence-electron chi connectivity index (χ1n) is 6.05. The Hall–Kier alpha value is -0.950. The number of ether oxygens (including phenoxy) is 2. The lowest BCUT2D eigenvalue weighted by molar-refractivity contribution is -0.0198. The van der Waals surface area contributed by atoms with Crippen LogP contribution in [0.15, 0.2) is 30.3 Å². The molecule has 0 aliphatic carbocycles. The summed E-state index contributed by atoms with van der Waals surface area (Å²) in [6.45, 7) is 3.10. The molecule has 0 saturated carbocycles. The van der Waals surface area contributed by atoms with Gasteiger partial charge in [0.25, 0.3) is 10.1 Å². The van der Waals surface area contributed by atoms with E-state index in [1.54, 1.807) is 0 Å². The normalized spacial score (nSPS) is 13.4. The van der Waals surface area contributed by atoms with Gasteiger partial charge in [-0.2, -0.15) is 8.42 Å². The maximum absolute atomic E-state index is 10.7. The van der Waals surface area contributed by atoms with E-state index in [4.69, 9.17) is 9.47 Å². The lowest BCUT2D eigenvalue weighted by atomic mass is 10.2. The van der Waals surface area contributed by atoms with Crippen molar-refractivity contribution in [3.63, 3.8) is 0 Å². The Balaban J connectivity index is 2.07. The van der Waals surface area contributed by atoms with Crippen molar-refractivity contribution in [1.29, 1.82) is 0 Å². The molecule has 0 amide bonds. The molecular weight excluding hydrogens is 268 g/mol. The first kappa shape index (κ1) is 16.1. The van der Waals surface area contributed by atoms with E-state index in [9.17, 15) is 8.42 Å². The van der Waals surface area contributed by atoms with E-state index < -0.39 is 10.1 Å². The predicted octanol–water partition coefficient (Wildman–Crippen LogP) is 1.58. The molecule has 1 atom stereocenters. The van der Waals surface area contributed by atoms with Gasteiger partial charge < -0.3 is 9.47 Å². The molecule has 108 valence electrons. The molecule has 0 radical (unpaired) electrons. The van der Waals surface area contributed by atoms with Gasteiger partial charge >= 0.3 is 0 Å². The number of hydrogen-bond donors (Lipinski definition) is 0. The Morgan fingerprint density at radius 3 is 2.47 bits per heavy atom. The van der Waals surface area contributed by atoms with Crippen LogP contribution in [0.1, 0.15) is 12.5 Å². The zero-order valence-corrected chi connectivity index (χ0v) is 12.1. The van der Waals surface area contributed by atoms with Crippen molar-refractivity contribution in [3.8, 4) is 0 Å². The quantitative estimate of drug-likeness (QED) is 0.510. The summed E-state index contributed by atoms with van der Waals surface area (Å²) in [4.78, 5) is 0. The first-order chi connectivity index (χ1) is 8.97. The summed E-state index contributed by atoms with van der Waals surface area (Å²) in [5.74, 6) is 0. The Morgan fingerprint density at radius 2 is 1.84 bits per heavy atom. The zero-order valence-electron chi connectivity index (χ0n) is 11.2. The SMILES string of the molecule is CC(COCCOS(C)(=O)=O)OCc1ccccc1. The Kier molecular flexibility index (Phi) is 7.01. The fraction of sp³-hybridized carbons (Fsp3) is 0.538. The van der Waals surface area contributed by atoms with Crippen LogP contribution < -0.4 is 0 Å². The van der Waals surface area contributed by atoms with Crippen LogP contribution in [0.5, 0.6) is 0 Å². The molecule has 0 bridgehead atoms. The summed E-state index contributed by atoms with van der Waals surface area (Å²) < 4.78 is 36.8. The molecule has 1 unspecified atom stereocenters. The summed E-state index contributed by atoms with van der Waals surface area (Å²) in [6.07, 6.45) is 0.955. The molecule has 0 N–H and O–H groups in total. The van der Waals surface area contributed by atoms with E-state index in [1.165, 1.54) is 0 Å². The van der Waals surface area contributed by atoms with Crippen molar-refractivity contribution in [2.45, 2.75) is 19.6 Å². The van der Waals surface area contributed by atoms with Crippen LogP contribution in [0.3, 0.4) is 0 Å². The fourth-order valence-electron chi connectivity index (χ4n) is 1.35. The van der Waals surface area contributed by atoms with Crippen LogP contribution in [0.4, 0.5) is 0 Å². The smallest absolute Gasteiger partial charge is 0.264 e. The van der Waals surface area contributed by atoms with Gasteiger partial charge in [-0.05, 0) is 12.5 Å². The first-order valence-corrected chi connectivity index (χ1v) is 7.86. The van der Waals surface area contributed by atoms with Crippen molar-refractivity contribution >= 4 is 10.1 Å². The van der Waals surface area contributed by atoms with Gasteiger partial charge in [-0.1, -0.05) is 30.3 Å². The molecule has 1 rings (SSSR count). The van der Waals surface area contributed by atoms with E-state index in [0.717, 1.165) is 11.8 Å². The highest BCUT2D eigenvalue weighted by atomic mass is 32.2. The number of rotatable bonds is 9. The minimum absolute atomic E-state index is 0.0320. The maximum Gasteiger partial charge on any atom is 0.264 e. The van der Waals surface area contributed by atoms with Gasteiger partial charge in [0.2, 0.25) is 0 Å². The van der Waals surface area contributed by atoms with Crippen molar-refractivity contribution in [2.75, 3.05) is 26.1 Å². The van der Waals surface area contributed by atoms with Crippen molar-refractivity contribution in [3.05, 3.63) is 35.9 Å². The van der Waals surface area contributed by atoms with E-state index >= 15 is 0 Å². The molecule has 0 aliphatic rings. The minimum Gasteiger partial charge on any atom is -0.376 e. The van der Waals surface area contributed by atoms with Crippen LogP contribution in [-0.2, 0) is 30.4 Å². The van der Waals surface area contributed by atoms with E-state index in [1.807, 2.05) is 37.3 Å². The maximum atomic E-state index is 10.7. The van der Waals surface area contributed by atoms with Crippen molar-refractivity contribution in [1.82, 2.24) is 0 Å². The molecule has 0 fully saturated rings. The highest BCUT2D eigenvalue weighted by molar-refractivity contribution is 7.85. The van der Waals surface area contributed by atoms with E-state index in [-0.39, 0.29) is 19.3 Å². The lowest BCUT2D eigenvalue weighted by Gasteiger charge is -2.13. The highest BCUT2D eigenvalue weighted by Crippen LogP contribution is 2.03. The van der Waals surface area contributed by atoms with Gasteiger partial charge in [0.15, 0.2) is 0 Å². The monoisotopic (exact) mass is 288 g/mol. The number of hydrogen-bond acceptors (Lipinski definition) is 5. The molecular formula is C13H20O5S. The standard InChI is InChI=1S/C13H20O5S/c1-12(10-16-8-9-18-19(2,14)15)17-11-13-6-4-3-5-7-13/h3-7,12H,8-11H2,1-2H3. The van der Waals surface area contributed by atoms with Crippen LogP contribution in [0.25, 0.3) is 0 Å². The third kappa shape index (κ3) is 8.72. The Morgan fingerprint density at radius 1 is 1.16 bits per heavy atom. The largest absolute Gasteiger partial charge is 0.376 e. The summed E-state index contributed by atoms with van der Waals surface area (Å²) in [5.41, 5.74) is 1.11. The third-order valence-electron chi connectivity index (χ3n) is 2.25. The molecule has 5 nitrogen and oxygen atoms in total. The van der Waals surface area contributed by atoms with Gasteiger partial charge in [-0.15, -0.1) is 0 Å². The lowest BCUT2D eigenvalue weighted by Crippen LogP contribution is -2.18. The van der Waals surface area contributed by atoms with Crippen molar-refractivity contribution < 1.29 is 22.1 Å².